The van der Waals surface area contributed by atoms with Gasteiger partial charge in [0.2, 0.25) is 6.33 Å². The van der Waals surface area contributed by atoms with E-state index in [-0.39, 0.29) is 0 Å². The molecule has 1 heterocycles. The number of aromatic nitrogens is 2. The van der Waals surface area contributed by atoms with Gasteiger partial charge in [0, 0.05) is 6.42 Å². The van der Waals surface area contributed by atoms with Crippen molar-refractivity contribution in [3.63, 3.8) is 0 Å². The second kappa shape index (κ2) is 1.97. The van der Waals surface area contributed by atoms with Crippen LogP contribution in [0, 0.1) is 0 Å². The highest BCUT2D eigenvalue weighted by atomic mass is 15.1. The molecule has 10 heavy (non-hydrogen) atoms. The van der Waals surface area contributed by atoms with Crippen molar-refractivity contribution in [2.45, 2.75) is 12.8 Å². The highest BCUT2D eigenvalue weighted by Crippen LogP contribution is 2.21. The molecule has 1 aromatic rings. The predicted molar refractivity (Wildman–Crippen MR) is 39.1 cm³/mol. The summed E-state index contributed by atoms with van der Waals surface area (Å²) in [5.41, 5.74) is 1.43. The average Bonchev–Trinajstić information content (AvgIpc) is 2.10. The van der Waals surface area contributed by atoms with Crippen LogP contribution >= 0.6 is 0 Å². The normalized spacial score (nSPS) is 16.3. The van der Waals surface area contributed by atoms with Crippen LogP contribution in [0.5, 0.6) is 0 Å². The van der Waals surface area contributed by atoms with Crippen LogP contribution in [-0.2, 0) is 7.05 Å². The molecule has 0 bridgehead atoms. The Balaban J connectivity index is 2.34. The zero-order valence-electron chi connectivity index (χ0n) is 6.12. The van der Waals surface area contributed by atoms with Crippen molar-refractivity contribution in [2.75, 3.05) is 0 Å². The molecule has 2 nitrogen and oxygen atoms in total. The Morgan fingerprint density at radius 2 is 2.40 bits per heavy atom. The maximum Gasteiger partial charge on any atom is 0.248 e. The van der Waals surface area contributed by atoms with E-state index in [1.807, 2.05) is 7.05 Å². The molecule has 52 valence electrons. The van der Waals surface area contributed by atoms with E-state index < -0.39 is 0 Å². The maximum atomic E-state index is 2.26. The van der Waals surface area contributed by atoms with Crippen molar-refractivity contribution >= 4 is 5.70 Å². The van der Waals surface area contributed by atoms with Crippen molar-refractivity contribution in [1.82, 2.24) is 4.57 Å². The van der Waals surface area contributed by atoms with Gasteiger partial charge in [-0.05, 0) is 12.5 Å². The molecule has 0 radical (unpaired) electrons. The summed E-state index contributed by atoms with van der Waals surface area (Å²) < 4.78 is 4.22. The van der Waals surface area contributed by atoms with Crippen molar-refractivity contribution in [1.29, 1.82) is 0 Å². The molecule has 1 aromatic heterocycles. The number of imidazole rings is 1. The van der Waals surface area contributed by atoms with E-state index in [0.717, 1.165) is 0 Å². The Morgan fingerprint density at radius 3 is 2.80 bits per heavy atom. The highest BCUT2D eigenvalue weighted by molar-refractivity contribution is 5.50. The van der Waals surface area contributed by atoms with Crippen LogP contribution in [0.1, 0.15) is 12.8 Å². The molecule has 1 aliphatic carbocycles. The van der Waals surface area contributed by atoms with Gasteiger partial charge >= 0.3 is 0 Å². The monoisotopic (exact) mass is 135 g/mol. The number of aryl methyl sites for hydroxylation is 1. The number of hydrogen-bond acceptors (Lipinski definition) is 0. The van der Waals surface area contributed by atoms with Gasteiger partial charge in [0.05, 0.1) is 7.05 Å². The standard InChI is InChI=1S/C8H11N2/c1-9-5-6-10(7-9)8-3-2-4-8/h3,5-7H,2,4H2,1H3/q+1. The molecule has 0 aromatic carbocycles. The predicted octanol–water partition coefficient (Wildman–Crippen LogP) is 0.947. The molecule has 2 rings (SSSR count). The van der Waals surface area contributed by atoms with Crippen LogP contribution in [-0.4, -0.2) is 4.57 Å². The van der Waals surface area contributed by atoms with Crippen LogP contribution in [0.25, 0.3) is 5.70 Å². The minimum Gasteiger partial charge on any atom is -0.239 e. The van der Waals surface area contributed by atoms with Gasteiger partial charge in [-0.3, -0.25) is 0 Å². The highest BCUT2D eigenvalue weighted by Gasteiger charge is 2.12. The van der Waals surface area contributed by atoms with Crippen LogP contribution in [0.15, 0.2) is 24.8 Å². The Labute approximate surface area is 60.4 Å². The molecule has 0 spiro atoms. The second-order valence-corrected chi connectivity index (χ2v) is 2.72. The number of hydrogen-bond donors (Lipinski definition) is 0. The molecule has 0 fully saturated rings. The third-order valence-corrected chi connectivity index (χ3v) is 1.88. The van der Waals surface area contributed by atoms with Gasteiger partial charge in [-0.25, -0.2) is 9.13 Å². The van der Waals surface area contributed by atoms with Crippen LogP contribution in [0.4, 0.5) is 0 Å². The van der Waals surface area contributed by atoms with Crippen LogP contribution < -0.4 is 4.57 Å². The lowest BCUT2D eigenvalue weighted by Gasteiger charge is -2.08. The van der Waals surface area contributed by atoms with E-state index in [0.29, 0.717) is 0 Å². The zero-order valence-corrected chi connectivity index (χ0v) is 6.12. The molecule has 1 aliphatic rings. The van der Waals surface area contributed by atoms with Gasteiger partial charge in [-0.1, -0.05) is 0 Å². The first kappa shape index (κ1) is 5.71. The fourth-order valence-corrected chi connectivity index (χ4v) is 1.13. The van der Waals surface area contributed by atoms with E-state index in [2.05, 4.69) is 33.9 Å². The molecule has 0 N–H and O–H groups in total. The molecule has 0 saturated heterocycles. The lowest BCUT2D eigenvalue weighted by atomic mass is 10.1. The summed E-state index contributed by atoms with van der Waals surface area (Å²) in [6, 6.07) is 0. The van der Waals surface area contributed by atoms with Crippen molar-refractivity contribution in [3.05, 3.63) is 24.8 Å². The van der Waals surface area contributed by atoms with Gasteiger partial charge in [-0.2, -0.15) is 0 Å². The molecule has 0 saturated carbocycles. The summed E-state index contributed by atoms with van der Waals surface area (Å²) in [6.07, 6.45) is 11.0. The van der Waals surface area contributed by atoms with Crippen molar-refractivity contribution in [2.24, 2.45) is 7.05 Å². The lowest BCUT2D eigenvalue weighted by molar-refractivity contribution is -0.670. The van der Waals surface area contributed by atoms with Crippen molar-refractivity contribution < 1.29 is 4.57 Å². The topological polar surface area (TPSA) is 8.81 Å². The molecular formula is C8H11N2+. The minimum atomic E-state index is 1.23. The van der Waals surface area contributed by atoms with E-state index >= 15 is 0 Å². The van der Waals surface area contributed by atoms with Gasteiger partial charge in [0.15, 0.2) is 0 Å². The van der Waals surface area contributed by atoms with Crippen molar-refractivity contribution in [3.8, 4) is 0 Å². The lowest BCUT2D eigenvalue weighted by Crippen LogP contribution is -2.23. The molecule has 0 aliphatic heterocycles. The third kappa shape index (κ3) is 0.764. The largest absolute Gasteiger partial charge is 0.248 e. The summed E-state index contributed by atoms with van der Waals surface area (Å²) in [5.74, 6) is 0. The first-order valence-electron chi connectivity index (χ1n) is 3.59. The molecule has 0 unspecified atom stereocenters. The fourth-order valence-electron chi connectivity index (χ4n) is 1.13. The third-order valence-electron chi connectivity index (χ3n) is 1.88. The summed E-state index contributed by atoms with van der Waals surface area (Å²) in [5, 5.41) is 0. The van der Waals surface area contributed by atoms with Gasteiger partial charge < -0.3 is 0 Å². The SMILES string of the molecule is C[n+]1ccn(C2=CCC2)c1. The zero-order chi connectivity index (χ0) is 6.97. The molecular weight excluding hydrogens is 124 g/mol. The Kier molecular flexibility index (Phi) is 1.13. The first-order valence-corrected chi connectivity index (χ1v) is 3.59. The Bertz CT molecular complexity index is 271. The molecule has 2 heteroatoms. The summed E-state index contributed by atoms with van der Waals surface area (Å²) in [4.78, 5) is 0. The van der Waals surface area contributed by atoms with Crippen LogP contribution in [0.2, 0.25) is 0 Å². The first-order chi connectivity index (χ1) is 4.86. The number of nitrogens with zero attached hydrogens (tertiary/aromatic N) is 2. The van der Waals surface area contributed by atoms with E-state index in [9.17, 15) is 0 Å². The van der Waals surface area contributed by atoms with Gasteiger partial charge in [0.1, 0.15) is 18.1 Å². The summed E-state index contributed by atoms with van der Waals surface area (Å²) in [6.45, 7) is 0. The van der Waals surface area contributed by atoms with E-state index in [1.54, 1.807) is 0 Å². The molecule has 0 atom stereocenters. The fraction of sp³-hybridized carbons (Fsp3) is 0.375. The maximum absolute atomic E-state index is 2.26. The molecule has 0 amide bonds. The second-order valence-electron chi connectivity index (χ2n) is 2.72. The number of rotatable bonds is 1. The smallest absolute Gasteiger partial charge is 0.239 e. The van der Waals surface area contributed by atoms with E-state index in [4.69, 9.17) is 0 Å². The van der Waals surface area contributed by atoms with Gasteiger partial charge in [0.25, 0.3) is 0 Å². The van der Waals surface area contributed by atoms with E-state index in [1.165, 1.54) is 18.5 Å². The summed E-state index contributed by atoms with van der Waals surface area (Å²) >= 11 is 0. The minimum absolute atomic E-state index is 1.23. The number of allylic oxidation sites excluding steroid dienone is 2. The Morgan fingerprint density at radius 1 is 1.60 bits per heavy atom. The Hall–Kier alpha value is -1.05. The van der Waals surface area contributed by atoms with Crippen LogP contribution in [0.3, 0.4) is 0 Å². The van der Waals surface area contributed by atoms with Gasteiger partial charge in [-0.15, -0.1) is 0 Å². The summed E-state index contributed by atoms with van der Waals surface area (Å²) in [7, 11) is 2.04. The average molecular weight is 135 g/mol. The quantitative estimate of drug-likeness (QED) is 0.507.